The van der Waals surface area contributed by atoms with Crippen LogP contribution in [0.2, 0.25) is 5.02 Å². The topological polar surface area (TPSA) is 132 Å². The Kier molecular flexibility index (Phi) is 4.55. The Labute approximate surface area is 147 Å². The van der Waals surface area contributed by atoms with Gasteiger partial charge in [0.1, 0.15) is 12.1 Å². The summed E-state index contributed by atoms with van der Waals surface area (Å²) in [6.07, 6.45) is 0.421. The number of amides is 2. The summed E-state index contributed by atoms with van der Waals surface area (Å²) < 4.78 is 0. The zero-order valence-corrected chi connectivity index (χ0v) is 13.9. The zero-order chi connectivity index (χ0) is 18.1. The van der Waals surface area contributed by atoms with E-state index < -0.39 is 18.6 Å². The lowest BCUT2D eigenvalue weighted by atomic mass is 10.1. The summed E-state index contributed by atoms with van der Waals surface area (Å²) in [5, 5.41) is 20.8. The van der Waals surface area contributed by atoms with Gasteiger partial charge in [-0.05, 0) is 6.07 Å². The lowest BCUT2D eigenvalue weighted by molar-refractivity contribution is -0.118. The van der Waals surface area contributed by atoms with Crippen molar-refractivity contribution in [3.8, 4) is 0 Å². The van der Waals surface area contributed by atoms with E-state index in [2.05, 4.69) is 20.3 Å². The fraction of sp³-hybridized carbons (Fsp3) is 0.357. The number of anilines is 2. The minimum atomic E-state index is -1.01. The second-order valence-electron chi connectivity index (χ2n) is 5.55. The number of aliphatic hydroxyl groups is 1. The SMILES string of the molecule is CN(C(=O)O)C1CN(c2nc3ncc(Cl)cc3nc2NC(=O)CO)C1. The standard InChI is InChI=1S/C14H15ClN6O4/c1-20(14(24)25)8-4-21(5-8)13-12(18-10(23)6-22)17-9-2-7(15)3-16-11(9)19-13/h2-3,8,22H,4-6H2,1H3,(H,24,25)(H,17,18,23). The Morgan fingerprint density at radius 1 is 1.44 bits per heavy atom. The maximum absolute atomic E-state index is 11.6. The molecule has 11 heteroatoms. The third-order valence-electron chi connectivity index (χ3n) is 3.88. The van der Waals surface area contributed by atoms with E-state index in [4.69, 9.17) is 21.8 Å². The molecule has 2 aromatic rings. The van der Waals surface area contributed by atoms with Crippen molar-refractivity contribution in [2.75, 3.05) is 37.0 Å². The minimum Gasteiger partial charge on any atom is -0.465 e. The molecule has 0 spiro atoms. The van der Waals surface area contributed by atoms with E-state index in [1.807, 2.05) is 0 Å². The lowest BCUT2D eigenvalue weighted by Crippen LogP contribution is -2.60. The molecule has 0 saturated carbocycles. The van der Waals surface area contributed by atoms with Gasteiger partial charge in [-0.3, -0.25) is 4.79 Å². The van der Waals surface area contributed by atoms with Crippen LogP contribution in [0, 0.1) is 0 Å². The summed E-state index contributed by atoms with van der Waals surface area (Å²) in [6.45, 7) is 0.106. The fourth-order valence-corrected chi connectivity index (χ4v) is 2.57. The Hall–Kier alpha value is -2.72. The number of aliphatic hydroxyl groups excluding tert-OH is 1. The molecule has 0 bridgehead atoms. The largest absolute Gasteiger partial charge is 0.465 e. The molecule has 2 aromatic heterocycles. The van der Waals surface area contributed by atoms with E-state index >= 15 is 0 Å². The normalized spacial score (nSPS) is 14.3. The highest BCUT2D eigenvalue weighted by molar-refractivity contribution is 6.31. The van der Waals surface area contributed by atoms with Crippen LogP contribution in [0.5, 0.6) is 0 Å². The number of aromatic nitrogens is 3. The van der Waals surface area contributed by atoms with Crippen molar-refractivity contribution < 1.29 is 19.8 Å². The van der Waals surface area contributed by atoms with Crippen LogP contribution in [0.3, 0.4) is 0 Å². The highest BCUT2D eigenvalue weighted by Crippen LogP contribution is 2.29. The number of nitrogens with one attached hydrogen (secondary N) is 1. The van der Waals surface area contributed by atoms with E-state index in [1.54, 1.807) is 11.0 Å². The summed E-state index contributed by atoms with van der Waals surface area (Å²) in [4.78, 5) is 38.4. The smallest absolute Gasteiger partial charge is 0.407 e. The second kappa shape index (κ2) is 6.65. The molecule has 0 atom stereocenters. The summed E-state index contributed by atoms with van der Waals surface area (Å²) in [5.41, 5.74) is 0.737. The fourth-order valence-electron chi connectivity index (χ4n) is 2.42. The molecule has 2 amide bonds. The number of nitrogens with zero attached hydrogens (tertiary/aromatic N) is 5. The molecule has 0 aliphatic carbocycles. The molecule has 3 rings (SSSR count). The lowest BCUT2D eigenvalue weighted by Gasteiger charge is -2.43. The maximum atomic E-state index is 11.6. The summed E-state index contributed by atoms with van der Waals surface area (Å²) in [5.74, 6) is -0.115. The van der Waals surface area contributed by atoms with Crippen LogP contribution in [0.25, 0.3) is 11.2 Å². The Bertz CT molecular complexity index is 841. The first-order chi connectivity index (χ1) is 11.9. The van der Waals surface area contributed by atoms with Crippen molar-refractivity contribution in [1.29, 1.82) is 0 Å². The molecule has 1 aliphatic rings. The molecule has 3 heterocycles. The molecule has 132 valence electrons. The Morgan fingerprint density at radius 3 is 2.80 bits per heavy atom. The molecule has 1 fully saturated rings. The first-order valence-corrected chi connectivity index (χ1v) is 7.71. The number of carbonyl (C=O) groups is 2. The van der Waals surface area contributed by atoms with Crippen molar-refractivity contribution in [3.63, 3.8) is 0 Å². The van der Waals surface area contributed by atoms with E-state index in [-0.39, 0.29) is 11.9 Å². The van der Waals surface area contributed by atoms with Crippen molar-refractivity contribution >= 4 is 46.4 Å². The second-order valence-corrected chi connectivity index (χ2v) is 5.99. The highest BCUT2D eigenvalue weighted by Gasteiger charge is 2.35. The highest BCUT2D eigenvalue weighted by atomic mass is 35.5. The van der Waals surface area contributed by atoms with Crippen molar-refractivity contribution in [3.05, 3.63) is 17.3 Å². The van der Waals surface area contributed by atoms with Gasteiger partial charge in [0.15, 0.2) is 17.3 Å². The molecular formula is C14H15ClN6O4. The summed E-state index contributed by atoms with van der Waals surface area (Å²) >= 11 is 5.90. The number of hydrogen-bond donors (Lipinski definition) is 3. The van der Waals surface area contributed by atoms with Crippen LogP contribution >= 0.6 is 11.6 Å². The van der Waals surface area contributed by atoms with Gasteiger partial charge >= 0.3 is 6.09 Å². The van der Waals surface area contributed by atoms with Crippen LogP contribution in [0.4, 0.5) is 16.4 Å². The molecule has 1 saturated heterocycles. The maximum Gasteiger partial charge on any atom is 0.407 e. The molecule has 10 nitrogen and oxygen atoms in total. The predicted molar refractivity (Wildman–Crippen MR) is 89.8 cm³/mol. The van der Waals surface area contributed by atoms with Crippen LogP contribution in [0.15, 0.2) is 12.3 Å². The molecule has 0 radical (unpaired) electrons. The first-order valence-electron chi connectivity index (χ1n) is 7.33. The number of carbonyl (C=O) groups excluding carboxylic acids is 1. The van der Waals surface area contributed by atoms with Crippen molar-refractivity contribution in [2.45, 2.75) is 6.04 Å². The summed E-state index contributed by atoms with van der Waals surface area (Å²) in [7, 11) is 1.49. The van der Waals surface area contributed by atoms with E-state index in [1.165, 1.54) is 18.1 Å². The van der Waals surface area contributed by atoms with Crippen LogP contribution in [-0.4, -0.2) is 74.9 Å². The van der Waals surface area contributed by atoms with Gasteiger partial charge in [0.05, 0.1) is 11.1 Å². The van der Waals surface area contributed by atoms with E-state index in [0.717, 1.165) is 0 Å². The van der Waals surface area contributed by atoms with E-state index in [9.17, 15) is 9.59 Å². The van der Waals surface area contributed by atoms with Gasteiger partial charge in [0.2, 0.25) is 0 Å². The van der Waals surface area contributed by atoms with Crippen molar-refractivity contribution in [1.82, 2.24) is 19.9 Å². The quantitative estimate of drug-likeness (QED) is 0.708. The Morgan fingerprint density at radius 2 is 2.16 bits per heavy atom. The van der Waals surface area contributed by atoms with Gasteiger partial charge in [-0.15, -0.1) is 0 Å². The molecule has 0 unspecified atom stereocenters. The van der Waals surface area contributed by atoms with E-state index in [0.29, 0.717) is 35.1 Å². The van der Waals surface area contributed by atoms with Crippen LogP contribution in [0.1, 0.15) is 0 Å². The number of likely N-dealkylation sites (N-methyl/N-ethyl adjacent to an activating group) is 1. The van der Waals surface area contributed by atoms with Gasteiger partial charge in [-0.25, -0.2) is 19.7 Å². The number of halogens is 1. The molecular weight excluding hydrogens is 352 g/mol. The number of carboxylic acid groups (broad SMARTS) is 1. The third kappa shape index (κ3) is 3.39. The average Bonchev–Trinajstić information content (AvgIpc) is 2.53. The average molecular weight is 367 g/mol. The third-order valence-corrected chi connectivity index (χ3v) is 4.09. The predicted octanol–water partition coefficient (Wildman–Crippen LogP) is 0.407. The monoisotopic (exact) mass is 366 g/mol. The van der Waals surface area contributed by atoms with Gasteiger partial charge in [0, 0.05) is 26.3 Å². The first kappa shape index (κ1) is 17.1. The Balaban J connectivity index is 1.93. The zero-order valence-electron chi connectivity index (χ0n) is 13.2. The number of hydrogen-bond acceptors (Lipinski definition) is 7. The number of rotatable bonds is 4. The van der Waals surface area contributed by atoms with Gasteiger partial charge in [-0.1, -0.05) is 11.6 Å². The van der Waals surface area contributed by atoms with Crippen molar-refractivity contribution in [2.24, 2.45) is 0 Å². The number of pyridine rings is 1. The molecule has 1 aliphatic heterocycles. The minimum absolute atomic E-state index is 0.159. The molecule has 3 N–H and O–H groups in total. The van der Waals surface area contributed by atoms with Gasteiger partial charge in [0.25, 0.3) is 5.91 Å². The summed E-state index contributed by atoms with van der Waals surface area (Å²) in [6, 6.07) is 1.38. The molecule has 0 aromatic carbocycles. The van der Waals surface area contributed by atoms with Crippen LogP contribution in [-0.2, 0) is 4.79 Å². The molecule has 25 heavy (non-hydrogen) atoms. The van der Waals surface area contributed by atoms with Gasteiger partial charge < -0.3 is 25.3 Å². The number of fused-ring (bicyclic) bond motifs is 1. The van der Waals surface area contributed by atoms with Crippen LogP contribution < -0.4 is 10.2 Å². The van der Waals surface area contributed by atoms with Gasteiger partial charge in [-0.2, -0.15) is 0 Å².